The summed E-state index contributed by atoms with van der Waals surface area (Å²) in [4.78, 5) is 12.0. The summed E-state index contributed by atoms with van der Waals surface area (Å²) in [7, 11) is 0. The van der Waals surface area contributed by atoms with Crippen molar-refractivity contribution in [1.82, 2.24) is 0 Å². The van der Waals surface area contributed by atoms with E-state index in [1.165, 1.54) is 16.3 Å². The summed E-state index contributed by atoms with van der Waals surface area (Å²) in [5.41, 5.74) is 2.21. The largest absolute Gasteiger partial charge is 0.293 e. The molecule has 0 spiro atoms. The monoisotopic (exact) mass is 288 g/mol. The maximum atomic E-state index is 12.0. The number of alkyl halides is 1. The summed E-state index contributed by atoms with van der Waals surface area (Å²) in [6.45, 7) is 0. The second kappa shape index (κ2) is 4.26. The zero-order valence-electron chi connectivity index (χ0n) is 9.45. The molecule has 0 aliphatic heterocycles. The van der Waals surface area contributed by atoms with Crippen molar-refractivity contribution >= 4 is 32.5 Å². The summed E-state index contributed by atoms with van der Waals surface area (Å²) in [5, 5.41) is 3.46. The van der Waals surface area contributed by atoms with Crippen LogP contribution in [-0.2, 0) is 0 Å². The highest BCUT2D eigenvalue weighted by atomic mass is 79.9. The maximum Gasteiger partial charge on any atom is 0.170 e. The predicted molar refractivity (Wildman–Crippen MR) is 74.0 cm³/mol. The van der Waals surface area contributed by atoms with Gasteiger partial charge in [-0.1, -0.05) is 52.3 Å². The number of hydrogen-bond donors (Lipinski definition) is 0. The SMILES string of the molecule is O=C1c2ccc3ccccc3c2C1CCCBr. The van der Waals surface area contributed by atoms with Crippen molar-refractivity contribution in [2.75, 3.05) is 5.33 Å². The van der Waals surface area contributed by atoms with Gasteiger partial charge in [0.25, 0.3) is 0 Å². The van der Waals surface area contributed by atoms with Crippen molar-refractivity contribution in [1.29, 1.82) is 0 Å². The molecule has 2 heteroatoms. The molecule has 2 aromatic carbocycles. The standard InChI is InChI=1S/C15H13BrO/c16-9-3-6-12-14-11-5-2-1-4-10(11)7-8-13(14)15(12)17/h1-2,4-5,7-8,12H,3,6,9H2. The van der Waals surface area contributed by atoms with Gasteiger partial charge in [0.15, 0.2) is 5.78 Å². The number of fused-ring (bicyclic) bond motifs is 3. The van der Waals surface area contributed by atoms with E-state index in [4.69, 9.17) is 0 Å². The molecular formula is C15H13BrO. The average Bonchev–Trinajstić information content (AvgIpc) is 2.37. The lowest BCUT2D eigenvalue weighted by Gasteiger charge is -2.30. The van der Waals surface area contributed by atoms with Crippen molar-refractivity contribution < 1.29 is 4.79 Å². The number of hydrogen-bond acceptors (Lipinski definition) is 1. The van der Waals surface area contributed by atoms with E-state index in [1.54, 1.807) is 0 Å². The van der Waals surface area contributed by atoms with Gasteiger partial charge in [0.2, 0.25) is 0 Å². The molecule has 0 saturated carbocycles. The van der Waals surface area contributed by atoms with Crippen molar-refractivity contribution in [2.24, 2.45) is 0 Å². The topological polar surface area (TPSA) is 17.1 Å². The molecule has 0 radical (unpaired) electrons. The van der Waals surface area contributed by atoms with Crippen LogP contribution in [0.4, 0.5) is 0 Å². The molecule has 17 heavy (non-hydrogen) atoms. The Bertz CT molecular complexity index is 588. The van der Waals surface area contributed by atoms with E-state index in [1.807, 2.05) is 24.3 Å². The van der Waals surface area contributed by atoms with Crippen LogP contribution in [0.15, 0.2) is 36.4 Å². The van der Waals surface area contributed by atoms with Crippen LogP contribution in [0.2, 0.25) is 0 Å². The highest BCUT2D eigenvalue weighted by Crippen LogP contribution is 2.42. The Morgan fingerprint density at radius 1 is 1.12 bits per heavy atom. The first-order valence-electron chi connectivity index (χ1n) is 5.95. The minimum Gasteiger partial charge on any atom is -0.293 e. The Balaban J connectivity index is 2.10. The Labute approximate surface area is 109 Å². The first-order valence-corrected chi connectivity index (χ1v) is 7.07. The molecule has 1 nitrogen and oxygen atoms in total. The van der Waals surface area contributed by atoms with Gasteiger partial charge in [0, 0.05) is 16.8 Å². The van der Waals surface area contributed by atoms with Gasteiger partial charge in [-0.05, 0) is 29.2 Å². The first kappa shape index (κ1) is 11.0. The summed E-state index contributed by atoms with van der Waals surface area (Å²) in [6, 6.07) is 12.4. The highest BCUT2D eigenvalue weighted by molar-refractivity contribution is 9.09. The van der Waals surface area contributed by atoms with E-state index in [-0.39, 0.29) is 5.92 Å². The van der Waals surface area contributed by atoms with Crippen LogP contribution in [0.3, 0.4) is 0 Å². The van der Waals surface area contributed by atoms with Crippen LogP contribution in [0, 0.1) is 0 Å². The fourth-order valence-electron chi connectivity index (χ4n) is 2.68. The van der Waals surface area contributed by atoms with Gasteiger partial charge in [-0.3, -0.25) is 4.79 Å². The Morgan fingerprint density at radius 2 is 1.94 bits per heavy atom. The van der Waals surface area contributed by atoms with E-state index < -0.39 is 0 Å². The predicted octanol–water partition coefficient (Wildman–Crippen LogP) is 4.29. The highest BCUT2D eigenvalue weighted by Gasteiger charge is 2.36. The van der Waals surface area contributed by atoms with Gasteiger partial charge in [0.1, 0.15) is 0 Å². The Morgan fingerprint density at radius 3 is 2.76 bits per heavy atom. The van der Waals surface area contributed by atoms with Crippen molar-refractivity contribution in [3.63, 3.8) is 0 Å². The molecule has 0 aromatic heterocycles. The van der Waals surface area contributed by atoms with Gasteiger partial charge < -0.3 is 0 Å². The molecule has 2 aromatic rings. The summed E-state index contributed by atoms with van der Waals surface area (Å²) in [6.07, 6.45) is 2.02. The smallest absolute Gasteiger partial charge is 0.170 e. The molecule has 0 saturated heterocycles. The molecule has 0 fully saturated rings. The number of carbonyl (C=O) groups excluding carboxylic acids is 1. The molecule has 3 rings (SSSR count). The third kappa shape index (κ3) is 1.62. The number of ketones is 1. The van der Waals surface area contributed by atoms with Gasteiger partial charge in [-0.15, -0.1) is 0 Å². The summed E-state index contributed by atoms with van der Waals surface area (Å²) < 4.78 is 0. The molecular weight excluding hydrogens is 276 g/mol. The van der Waals surface area contributed by atoms with E-state index in [9.17, 15) is 4.79 Å². The summed E-state index contributed by atoms with van der Waals surface area (Å²) in [5.74, 6) is 0.459. The molecule has 1 atom stereocenters. The second-order valence-corrected chi connectivity index (χ2v) is 5.29. The van der Waals surface area contributed by atoms with Crippen LogP contribution in [0.25, 0.3) is 10.8 Å². The lowest BCUT2D eigenvalue weighted by atomic mass is 9.72. The number of Topliss-reactive ketones (excluding diaryl/α,β-unsaturated/α-hetero) is 1. The minimum absolute atomic E-state index is 0.133. The van der Waals surface area contributed by atoms with Gasteiger partial charge in [-0.25, -0.2) is 0 Å². The molecule has 1 aliphatic carbocycles. The quantitative estimate of drug-likeness (QED) is 0.770. The van der Waals surface area contributed by atoms with Gasteiger partial charge in [-0.2, -0.15) is 0 Å². The fraction of sp³-hybridized carbons (Fsp3) is 0.267. The molecule has 0 amide bonds. The lowest BCUT2D eigenvalue weighted by molar-refractivity contribution is 0.0923. The summed E-state index contributed by atoms with van der Waals surface area (Å²) >= 11 is 3.43. The fourth-order valence-corrected chi connectivity index (χ4v) is 3.01. The van der Waals surface area contributed by atoms with Crippen molar-refractivity contribution in [2.45, 2.75) is 18.8 Å². The molecule has 0 bridgehead atoms. The van der Waals surface area contributed by atoms with Crippen LogP contribution in [0.5, 0.6) is 0 Å². The maximum absolute atomic E-state index is 12.0. The third-order valence-corrected chi connectivity index (χ3v) is 4.09. The van der Waals surface area contributed by atoms with Crippen molar-refractivity contribution in [3.8, 4) is 0 Å². The Kier molecular flexibility index (Phi) is 2.75. The number of rotatable bonds is 3. The van der Waals surface area contributed by atoms with Crippen molar-refractivity contribution in [3.05, 3.63) is 47.5 Å². The number of halogens is 1. The van der Waals surface area contributed by atoms with Crippen LogP contribution in [-0.4, -0.2) is 11.1 Å². The average molecular weight is 289 g/mol. The third-order valence-electron chi connectivity index (χ3n) is 3.53. The minimum atomic E-state index is 0.133. The normalized spacial score (nSPS) is 17.9. The number of carbonyl (C=O) groups is 1. The van der Waals surface area contributed by atoms with Gasteiger partial charge >= 0.3 is 0 Å². The number of benzene rings is 2. The molecule has 0 N–H and O–H groups in total. The second-order valence-electron chi connectivity index (χ2n) is 4.50. The zero-order chi connectivity index (χ0) is 11.8. The molecule has 0 heterocycles. The van der Waals surface area contributed by atoms with E-state index in [2.05, 4.69) is 28.1 Å². The lowest BCUT2D eigenvalue weighted by Crippen LogP contribution is -2.26. The molecule has 1 aliphatic rings. The van der Waals surface area contributed by atoms with E-state index in [0.29, 0.717) is 5.78 Å². The first-order chi connectivity index (χ1) is 8.33. The zero-order valence-corrected chi connectivity index (χ0v) is 11.0. The molecule has 86 valence electrons. The van der Waals surface area contributed by atoms with E-state index in [0.717, 1.165) is 23.7 Å². The van der Waals surface area contributed by atoms with Crippen LogP contribution >= 0.6 is 15.9 Å². The van der Waals surface area contributed by atoms with Gasteiger partial charge in [0.05, 0.1) is 0 Å². The Hall–Kier alpha value is -1.15. The van der Waals surface area contributed by atoms with Crippen LogP contribution in [0.1, 0.15) is 34.7 Å². The van der Waals surface area contributed by atoms with Crippen LogP contribution < -0.4 is 0 Å². The molecule has 1 unspecified atom stereocenters. The van der Waals surface area contributed by atoms with E-state index >= 15 is 0 Å².